The van der Waals surface area contributed by atoms with Crippen LogP contribution in [0.3, 0.4) is 0 Å². The average Bonchev–Trinajstić information content (AvgIpc) is 2.38. The van der Waals surface area contributed by atoms with Gasteiger partial charge in [-0.15, -0.1) is 0 Å². The van der Waals surface area contributed by atoms with E-state index in [-0.39, 0.29) is 12.4 Å². The predicted octanol–water partition coefficient (Wildman–Crippen LogP) is 2.24. The zero-order valence-corrected chi connectivity index (χ0v) is 9.35. The summed E-state index contributed by atoms with van der Waals surface area (Å²) in [6.07, 6.45) is 4.46. The topological polar surface area (TPSA) is 47.0 Å². The molecule has 88 valence electrons. The van der Waals surface area contributed by atoms with Gasteiger partial charge in [0.15, 0.2) is 5.75 Å². The lowest BCUT2D eigenvalue weighted by Gasteiger charge is -2.09. The van der Waals surface area contributed by atoms with Crippen molar-refractivity contribution >= 4 is 5.69 Å². The van der Waals surface area contributed by atoms with Crippen molar-refractivity contribution < 1.29 is 9.13 Å². The molecule has 0 unspecified atom stereocenters. The number of hydrogen-bond acceptors (Lipinski definition) is 4. The number of aromatic nitrogens is 2. The van der Waals surface area contributed by atoms with Crippen molar-refractivity contribution in [3.8, 4) is 5.75 Å². The maximum atomic E-state index is 12.6. The van der Waals surface area contributed by atoms with E-state index < -0.39 is 0 Å². The van der Waals surface area contributed by atoms with Crippen LogP contribution in [0, 0.1) is 5.82 Å². The van der Waals surface area contributed by atoms with Crippen LogP contribution in [-0.2, 0) is 6.61 Å². The van der Waals surface area contributed by atoms with Gasteiger partial charge >= 0.3 is 0 Å². The van der Waals surface area contributed by atoms with E-state index in [0.29, 0.717) is 11.4 Å². The molecule has 17 heavy (non-hydrogen) atoms. The average molecular weight is 233 g/mol. The molecule has 0 radical (unpaired) electrons. The minimum Gasteiger partial charge on any atom is -0.484 e. The molecule has 0 spiro atoms. The summed E-state index contributed by atoms with van der Waals surface area (Å²) in [6, 6.07) is 4.76. The Hall–Kier alpha value is -2.17. The van der Waals surface area contributed by atoms with Crippen LogP contribution in [0.15, 0.2) is 36.8 Å². The van der Waals surface area contributed by atoms with Crippen LogP contribution in [0.25, 0.3) is 0 Å². The van der Waals surface area contributed by atoms with Crippen molar-refractivity contribution in [2.45, 2.75) is 6.61 Å². The Labute approximate surface area is 98.5 Å². The monoisotopic (exact) mass is 233 g/mol. The SMILES string of the molecule is CNc1ccncc1OCc1ccc(F)cn1. The quantitative estimate of drug-likeness (QED) is 0.879. The van der Waals surface area contributed by atoms with E-state index in [9.17, 15) is 4.39 Å². The molecule has 0 saturated carbocycles. The number of rotatable bonds is 4. The summed E-state index contributed by atoms with van der Waals surface area (Å²) >= 11 is 0. The molecule has 0 aliphatic carbocycles. The minimum atomic E-state index is -0.356. The van der Waals surface area contributed by atoms with Crippen LogP contribution in [-0.4, -0.2) is 17.0 Å². The van der Waals surface area contributed by atoms with E-state index >= 15 is 0 Å². The van der Waals surface area contributed by atoms with Crippen LogP contribution in [0.1, 0.15) is 5.69 Å². The lowest BCUT2D eigenvalue weighted by Crippen LogP contribution is -2.01. The molecule has 0 aliphatic rings. The van der Waals surface area contributed by atoms with Crippen LogP contribution >= 0.6 is 0 Å². The molecule has 2 rings (SSSR count). The molecule has 2 aromatic heterocycles. The first kappa shape index (κ1) is 11.3. The number of nitrogens with zero attached hydrogens (tertiary/aromatic N) is 2. The molecule has 2 aromatic rings. The zero-order valence-electron chi connectivity index (χ0n) is 9.35. The van der Waals surface area contributed by atoms with Crippen molar-refractivity contribution in [3.63, 3.8) is 0 Å². The van der Waals surface area contributed by atoms with E-state index in [1.807, 2.05) is 6.07 Å². The smallest absolute Gasteiger partial charge is 0.161 e. The van der Waals surface area contributed by atoms with E-state index in [1.54, 1.807) is 25.5 Å². The molecular weight excluding hydrogens is 221 g/mol. The van der Waals surface area contributed by atoms with Crippen LogP contribution < -0.4 is 10.1 Å². The van der Waals surface area contributed by atoms with Gasteiger partial charge in [0.05, 0.1) is 23.8 Å². The van der Waals surface area contributed by atoms with E-state index in [4.69, 9.17) is 4.74 Å². The standard InChI is InChI=1S/C12H12FN3O/c1-14-11-4-5-15-7-12(11)17-8-10-3-2-9(13)6-16-10/h2-7H,8H2,1H3,(H,14,15). The van der Waals surface area contributed by atoms with Gasteiger partial charge in [0.25, 0.3) is 0 Å². The lowest BCUT2D eigenvalue weighted by atomic mass is 10.3. The molecule has 0 amide bonds. The summed E-state index contributed by atoms with van der Waals surface area (Å²) in [5.41, 5.74) is 1.51. The molecule has 5 heteroatoms. The van der Waals surface area contributed by atoms with E-state index in [1.165, 1.54) is 12.3 Å². The van der Waals surface area contributed by atoms with Crippen LogP contribution in [0.2, 0.25) is 0 Å². The van der Waals surface area contributed by atoms with Gasteiger partial charge in [-0.3, -0.25) is 9.97 Å². The molecule has 0 saturated heterocycles. The second-order valence-electron chi connectivity index (χ2n) is 3.38. The van der Waals surface area contributed by atoms with Gasteiger partial charge in [-0.1, -0.05) is 0 Å². The molecule has 0 aromatic carbocycles. The first-order valence-electron chi connectivity index (χ1n) is 5.14. The normalized spacial score (nSPS) is 10.0. The highest BCUT2D eigenvalue weighted by molar-refractivity contribution is 5.53. The Morgan fingerprint density at radius 3 is 2.88 bits per heavy atom. The molecule has 0 bridgehead atoms. The van der Waals surface area contributed by atoms with Gasteiger partial charge in [0.2, 0.25) is 0 Å². The third kappa shape index (κ3) is 2.90. The Morgan fingerprint density at radius 1 is 1.29 bits per heavy atom. The van der Waals surface area contributed by atoms with Gasteiger partial charge in [-0.05, 0) is 18.2 Å². The highest BCUT2D eigenvalue weighted by Crippen LogP contribution is 2.22. The summed E-state index contributed by atoms with van der Waals surface area (Å²) in [4.78, 5) is 7.88. The van der Waals surface area contributed by atoms with Gasteiger partial charge < -0.3 is 10.1 Å². The second-order valence-corrected chi connectivity index (χ2v) is 3.38. The molecule has 0 aliphatic heterocycles. The Morgan fingerprint density at radius 2 is 2.18 bits per heavy atom. The van der Waals surface area contributed by atoms with Crippen molar-refractivity contribution in [2.75, 3.05) is 12.4 Å². The number of hydrogen-bond donors (Lipinski definition) is 1. The summed E-state index contributed by atoms with van der Waals surface area (Å²) in [7, 11) is 1.80. The number of ether oxygens (including phenoxy) is 1. The molecule has 2 heterocycles. The lowest BCUT2D eigenvalue weighted by molar-refractivity contribution is 0.301. The zero-order chi connectivity index (χ0) is 12.1. The summed E-state index contributed by atoms with van der Waals surface area (Å²) < 4.78 is 18.2. The number of halogens is 1. The molecule has 0 atom stereocenters. The largest absolute Gasteiger partial charge is 0.484 e. The maximum absolute atomic E-state index is 12.6. The van der Waals surface area contributed by atoms with Crippen molar-refractivity contribution in [2.24, 2.45) is 0 Å². The number of pyridine rings is 2. The van der Waals surface area contributed by atoms with E-state index in [0.717, 1.165) is 5.69 Å². The summed E-state index contributed by atoms with van der Waals surface area (Å²) in [5.74, 6) is 0.284. The van der Waals surface area contributed by atoms with Gasteiger partial charge in [-0.2, -0.15) is 0 Å². The second kappa shape index (κ2) is 5.25. The van der Waals surface area contributed by atoms with Crippen molar-refractivity contribution in [3.05, 3.63) is 48.3 Å². The summed E-state index contributed by atoms with van der Waals surface area (Å²) in [5, 5.41) is 3.00. The number of anilines is 1. The van der Waals surface area contributed by atoms with Crippen LogP contribution in [0.5, 0.6) is 5.75 Å². The fraction of sp³-hybridized carbons (Fsp3) is 0.167. The molecule has 4 nitrogen and oxygen atoms in total. The first-order chi connectivity index (χ1) is 8.29. The molecular formula is C12H12FN3O. The first-order valence-corrected chi connectivity index (χ1v) is 5.14. The highest BCUT2D eigenvalue weighted by atomic mass is 19.1. The Balaban J connectivity index is 2.04. The Kier molecular flexibility index (Phi) is 3.49. The number of nitrogens with one attached hydrogen (secondary N) is 1. The fourth-order valence-corrected chi connectivity index (χ4v) is 1.35. The third-order valence-corrected chi connectivity index (χ3v) is 2.22. The van der Waals surface area contributed by atoms with Crippen LogP contribution in [0.4, 0.5) is 10.1 Å². The fourth-order valence-electron chi connectivity index (χ4n) is 1.35. The van der Waals surface area contributed by atoms with Crippen molar-refractivity contribution in [1.29, 1.82) is 0 Å². The molecule has 1 N–H and O–H groups in total. The summed E-state index contributed by atoms with van der Waals surface area (Å²) in [6.45, 7) is 0.278. The third-order valence-electron chi connectivity index (χ3n) is 2.22. The van der Waals surface area contributed by atoms with Gasteiger partial charge in [0.1, 0.15) is 12.4 Å². The van der Waals surface area contributed by atoms with E-state index in [2.05, 4.69) is 15.3 Å². The van der Waals surface area contributed by atoms with Crippen molar-refractivity contribution in [1.82, 2.24) is 9.97 Å². The highest BCUT2D eigenvalue weighted by Gasteiger charge is 2.02. The van der Waals surface area contributed by atoms with Gasteiger partial charge in [0, 0.05) is 13.2 Å². The Bertz CT molecular complexity index is 487. The predicted molar refractivity (Wildman–Crippen MR) is 62.3 cm³/mol. The minimum absolute atomic E-state index is 0.278. The van der Waals surface area contributed by atoms with Gasteiger partial charge in [-0.25, -0.2) is 4.39 Å². The maximum Gasteiger partial charge on any atom is 0.161 e. The molecule has 0 fully saturated rings.